The van der Waals surface area contributed by atoms with Gasteiger partial charge in [-0.1, -0.05) is 0 Å². The minimum Gasteiger partial charge on any atom is -0.444 e. The Balaban J connectivity index is 1.76. The minimum atomic E-state index is -0.581. The number of piperidine rings is 1. The number of ether oxygens (including phenoxy) is 1. The summed E-state index contributed by atoms with van der Waals surface area (Å²) in [6, 6.07) is 5.59. The fourth-order valence-corrected chi connectivity index (χ4v) is 3.57. The second kappa shape index (κ2) is 9.39. The molecule has 0 aromatic carbocycles. The van der Waals surface area contributed by atoms with E-state index in [0.717, 1.165) is 17.2 Å². The van der Waals surface area contributed by atoms with E-state index in [4.69, 9.17) is 4.74 Å². The van der Waals surface area contributed by atoms with Gasteiger partial charge in [0.2, 0.25) is 5.91 Å². The highest BCUT2D eigenvalue weighted by Gasteiger charge is 2.31. The lowest BCUT2D eigenvalue weighted by Gasteiger charge is -2.33. The van der Waals surface area contributed by atoms with Gasteiger partial charge in [-0.3, -0.25) is 4.79 Å². The van der Waals surface area contributed by atoms with Crippen LogP contribution >= 0.6 is 0 Å². The third-order valence-electron chi connectivity index (χ3n) is 4.95. The van der Waals surface area contributed by atoms with Crippen LogP contribution in [-0.2, 0) is 9.53 Å². The zero-order valence-corrected chi connectivity index (χ0v) is 19.2. The third-order valence-corrected chi connectivity index (χ3v) is 4.95. The van der Waals surface area contributed by atoms with Gasteiger partial charge in [-0.25, -0.2) is 14.8 Å². The molecule has 0 spiro atoms. The topological polar surface area (TPSA) is 120 Å². The number of fused-ring (bicyclic) bond motifs is 1. The number of hydrogen-bond acceptors (Lipinski definition) is 7. The van der Waals surface area contributed by atoms with Gasteiger partial charge >= 0.3 is 6.09 Å². The number of amides is 2. The van der Waals surface area contributed by atoms with Crippen LogP contribution in [0.2, 0.25) is 0 Å². The number of aromatic nitrogens is 2. The van der Waals surface area contributed by atoms with Gasteiger partial charge in [0, 0.05) is 36.1 Å². The largest absolute Gasteiger partial charge is 0.444 e. The number of anilines is 2. The Bertz CT molecular complexity index is 1050. The van der Waals surface area contributed by atoms with Crippen LogP contribution in [0.1, 0.15) is 53.2 Å². The first-order valence-corrected chi connectivity index (χ1v) is 10.8. The zero-order chi connectivity index (χ0) is 23.5. The molecule has 32 heavy (non-hydrogen) atoms. The summed E-state index contributed by atoms with van der Waals surface area (Å²) in [5.41, 5.74) is -0.286. The van der Waals surface area contributed by atoms with Gasteiger partial charge in [0.25, 0.3) is 0 Å². The molecule has 3 heterocycles. The third kappa shape index (κ3) is 5.84. The molecule has 1 saturated heterocycles. The molecule has 0 radical (unpaired) electrons. The second-order valence-electron chi connectivity index (χ2n) is 9.31. The predicted octanol–water partition coefficient (Wildman–Crippen LogP) is 3.91. The number of likely N-dealkylation sites (tertiary alicyclic amines) is 1. The van der Waals surface area contributed by atoms with Crippen LogP contribution in [-0.4, -0.2) is 51.6 Å². The molecular formula is C23H30N6O3. The molecule has 1 atom stereocenters. The molecule has 2 aromatic rings. The Morgan fingerprint density at radius 1 is 1.31 bits per heavy atom. The quantitative estimate of drug-likeness (QED) is 0.742. The van der Waals surface area contributed by atoms with Gasteiger partial charge in [-0.2, -0.15) is 5.26 Å². The van der Waals surface area contributed by atoms with Crippen LogP contribution in [0.25, 0.3) is 10.8 Å². The normalized spacial score (nSPS) is 16.5. The Morgan fingerprint density at radius 3 is 2.72 bits per heavy atom. The van der Waals surface area contributed by atoms with Gasteiger partial charge in [-0.15, -0.1) is 0 Å². The van der Waals surface area contributed by atoms with Crippen molar-refractivity contribution in [2.24, 2.45) is 5.92 Å². The van der Waals surface area contributed by atoms with Gasteiger partial charge in [0.15, 0.2) is 0 Å². The summed E-state index contributed by atoms with van der Waals surface area (Å²) in [6.07, 6.45) is 2.63. The van der Waals surface area contributed by atoms with E-state index in [1.165, 1.54) is 0 Å². The summed E-state index contributed by atoms with van der Waals surface area (Å²) in [6.45, 7) is 10.3. The molecule has 170 valence electrons. The predicted molar refractivity (Wildman–Crippen MR) is 122 cm³/mol. The molecule has 0 aliphatic carbocycles. The molecule has 2 N–H and O–H groups in total. The Kier molecular flexibility index (Phi) is 6.82. The van der Waals surface area contributed by atoms with Crippen molar-refractivity contribution in [2.45, 2.75) is 59.1 Å². The lowest BCUT2D eigenvalue weighted by molar-refractivity contribution is -0.121. The van der Waals surface area contributed by atoms with Gasteiger partial charge < -0.3 is 20.3 Å². The SMILES string of the molecule is CC(C)Nc1nc(C#N)cc2cnc(NC(=O)C3CCCN(C(=O)OC(C)(C)C)C3)cc12. The number of nitrogens with one attached hydrogen (secondary N) is 2. The number of hydrogen-bond donors (Lipinski definition) is 2. The number of pyridine rings is 2. The van der Waals surface area contributed by atoms with Crippen LogP contribution in [0.5, 0.6) is 0 Å². The van der Waals surface area contributed by atoms with Crippen LogP contribution in [0.15, 0.2) is 18.3 Å². The Hall–Kier alpha value is -3.41. The first-order valence-electron chi connectivity index (χ1n) is 10.8. The molecule has 1 aliphatic rings. The minimum absolute atomic E-state index is 0.118. The van der Waals surface area contributed by atoms with E-state index in [2.05, 4.69) is 26.7 Å². The van der Waals surface area contributed by atoms with Crippen molar-refractivity contribution in [3.05, 3.63) is 24.0 Å². The maximum Gasteiger partial charge on any atom is 0.410 e. The molecule has 1 fully saturated rings. The fourth-order valence-electron chi connectivity index (χ4n) is 3.57. The van der Waals surface area contributed by atoms with Crippen LogP contribution in [0, 0.1) is 17.2 Å². The molecule has 3 rings (SSSR count). The maximum absolute atomic E-state index is 12.9. The molecule has 2 amide bonds. The van der Waals surface area contributed by atoms with E-state index in [1.807, 2.05) is 34.6 Å². The zero-order valence-electron chi connectivity index (χ0n) is 19.2. The van der Waals surface area contributed by atoms with Crippen molar-refractivity contribution >= 4 is 34.4 Å². The van der Waals surface area contributed by atoms with E-state index in [9.17, 15) is 14.9 Å². The highest BCUT2D eigenvalue weighted by Crippen LogP contribution is 2.26. The van der Waals surface area contributed by atoms with Crippen molar-refractivity contribution < 1.29 is 14.3 Å². The maximum atomic E-state index is 12.9. The van der Waals surface area contributed by atoms with Gasteiger partial charge in [0.05, 0.1) is 5.92 Å². The molecule has 0 bridgehead atoms. The summed E-state index contributed by atoms with van der Waals surface area (Å²) in [5.74, 6) is 0.433. The first-order chi connectivity index (χ1) is 15.1. The van der Waals surface area contributed by atoms with Crippen molar-refractivity contribution in [2.75, 3.05) is 23.7 Å². The highest BCUT2D eigenvalue weighted by molar-refractivity contribution is 5.97. The number of rotatable bonds is 4. The van der Waals surface area contributed by atoms with E-state index in [-0.39, 0.29) is 17.9 Å². The average Bonchev–Trinajstić information content (AvgIpc) is 2.72. The summed E-state index contributed by atoms with van der Waals surface area (Å²) < 4.78 is 5.44. The van der Waals surface area contributed by atoms with Crippen LogP contribution in [0.3, 0.4) is 0 Å². The number of nitrogens with zero attached hydrogens (tertiary/aromatic N) is 4. The summed E-state index contributed by atoms with van der Waals surface area (Å²) >= 11 is 0. The molecule has 1 unspecified atom stereocenters. The number of carbonyl (C=O) groups is 2. The van der Waals surface area contributed by atoms with Crippen molar-refractivity contribution in [1.82, 2.24) is 14.9 Å². The molecule has 9 heteroatoms. The summed E-state index contributed by atoms with van der Waals surface area (Å²) in [5, 5.41) is 16.9. The smallest absolute Gasteiger partial charge is 0.410 e. The van der Waals surface area contributed by atoms with Gasteiger partial charge in [-0.05, 0) is 59.6 Å². The Morgan fingerprint density at radius 2 is 2.06 bits per heavy atom. The lowest BCUT2D eigenvalue weighted by atomic mass is 9.97. The molecular weight excluding hydrogens is 408 g/mol. The summed E-state index contributed by atoms with van der Waals surface area (Å²) in [7, 11) is 0. The van der Waals surface area contributed by atoms with E-state index in [1.54, 1.807) is 23.2 Å². The van der Waals surface area contributed by atoms with Crippen LogP contribution in [0.4, 0.5) is 16.4 Å². The highest BCUT2D eigenvalue weighted by atomic mass is 16.6. The monoisotopic (exact) mass is 438 g/mol. The van der Waals surface area contributed by atoms with Crippen molar-refractivity contribution in [1.29, 1.82) is 5.26 Å². The standard InChI is InChI=1S/C23H30N6O3/c1-14(2)26-20-18-10-19(25-12-16(18)9-17(11-24)27-20)28-21(30)15-7-6-8-29(13-15)22(31)32-23(3,4)5/h9-10,12,14-15H,6-8,13H2,1-5H3,(H,26,27)(H,25,28,30). The molecule has 2 aromatic heterocycles. The lowest BCUT2D eigenvalue weighted by Crippen LogP contribution is -2.45. The summed E-state index contributed by atoms with van der Waals surface area (Å²) in [4.78, 5) is 35.6. The van der Waals surface area contributed by atoms with Gasteiger partial charge in [0.1, 0.15) is 29.0 Å². The molecule has 0 saturated carbocycles. The van der Waals surface area contributed by atoms with E-state index >= 15 is 0 Å². The number of nitriles is 1. The Labute approximate surface area is 188 Å². The van der Waals surface area contributed by atoms with Crippen molar-refractivity contribution in [3.63, 3.8) is 0 Å². The van der Waals surface area contributed by atoms with Crippen LogP contribution < -0.4 is 10.6 Å². The second-order valence-corrected chi connectivity index (χ2v) is 9.31. The molecule has 1 aliphatic heterocycles. The van der Waals surface area contributed by atoms with Crippen molar-refractivity contribution in [3.8, 4) is 6.07 Å². The van der Waals surface area contributed by atoms with E-state index in [0.29, 0.717) is 36.8 Å². The first kappa shape index (κ1) is 23.3. The van der Waals surface area contributed by atoms with E-state index < -0.39 is 11.7 Å². The number of carbonyl (C=O) groups excluding carboxylic acids is 2. The molecule has 9 nitrogen and oxygen atoms in total. The average molecular weight is 439 g/mol. The fraction of sp³-hybridized carbons (Fsp3) is 0.522.